The fourth-order valence-corrected chi connectivity index (χ4v) is 11.6. The highest BCUT2D eigenvalue weighted by Gasteiger charge is 2.63. The Kier molecular flexibility index (Phi) is 8.15. The Morgan fingerprint density at radius 1 is 0.611 bits per heavy atom. The second-order valence-corrected chi connectivity index (χ2v) is 15.8. The highest BCUT2D eigenvalue weighted by molar-refractivity contribution is 5.13. The van der Waals surface area contributed by atoms with Crippen LogP contribution < -0.4 is 0 Å². The molecule has 2 nitrogen and oxygen atoms in total. The van der Waals surface area contributed by atoms with Crippen LogP contribution in [-0.2, 0) is 9.47 Å². The van der Waals surface area contributed by atoms with Gasteiger partial charge in [0.05, 0.1) is 11.7 Å². The molecule has 0 amide bonds. The van der Waals surface area contributed by atoms with Crippen molar-refractivity contribution in [3.63, 3.8) is 0 Å². The van der Waals surface area contributed by atoms with Crippen LogP contribution in [0.4, 0.5) is 0 Å². The minimum Gasteiger partial charge on any atom is -0.378 e. The lowest BCUT2D eigenvalue weighted by Gasteiger charge is -2.63. The van der Waals surface area contributed by atoms with E-state index >= 15 is 0 Å². The maximum Gasteiger partial charge on any atom is 0.0764 e. The van der Waals surface area contributed by atoms with Gasteiger partial charge in [-0.25, -0.2) is 0 Å². The Balaban J connectivity index is 0.000000165. The molecule has 6 aliphatic rings. The van der Waals surface area contributed by atoms with Gasteiger partial charge in [-0.2, -0.15) is 0 Å². The Morgan fingerprint density at radius 2 is 1.28 bits per heavy atom. The molecule has 0 bridgehead atoms. The highest BCUT2D eigenvalue weighted by Crippen LogP contribution is 2.66. The van der Waals surface area contributed by atoms with E-state index in [1.807, 2.05) is 0 Å². The first-order chi connectivity index (χ1) is 16.5. The van der Waals surface area contributed by atoms with Crippen LogP contribution >= 0.6 is 0 Å². The Morgan fingerprint density at radius 3 is 1.97 bits per heavy atom. The van der Waals surface area contributed by atoms with E-state index in [2.05, 4.69) is 48.5 Å². The van der Waals surface area contributed by atoms with Crippen molar-refractivity contribution in [3.05, 3.63) is 0 Å². The smallest absolute Gasteiger partial charge is 0.0764 e. The molecule has 0 N–H and O–H groups in total. The van der Waals surface area contributed by atoms with E-state index in [0.717, 1.165) is 36.9 Å². The molecular formula is C34H62O2. The van der Waals surface area contributed by atoms with Crippen LogP contribution in [-0.4, -0.2) is 24.9 Å². The molecule has 36 heavy (non-hydrogen) atoms. The zero-order valence-electron chi connectivity index (χ0n) is 24.5. The molecule has 1 spiro atoms. The van der Waals surface area contributed by atoms with Crippen LogP contribution in [0.3, 0.4) is 0 Å². The lowest BCUT2D eigenvalue weighted by molar-refractivity contribution is -0.213. The summed E-state index contributed by atoms with van der Waals surface area (Å²) in [7, 11) is 0. The average Bonchev–Trinajstić information content (AvgIpc) is 3.29. The molecule has 5 unspecified atom stereocenters. The fraction of sp³-hybridized carbons (Fsp3) is 1.00. The standard InChI is InChI=1S/C17H30O.C16H28O.CH4/c1-13-7-8-14-15(2,3)9-5-10-16(14,4)17(13)11-6-12-18-17;1-15(2)9-5-10-16(3)12-6-4-11-17-13(12)7-8-14(15)16;/h13-14H,5-12H2,1-4H3;12-14H,4-11H2,1-3H3;1H4/t13?,14?,16-,17?;12-,13?,14?,16+;/m00./s1. The van der Waals surface area contributed by atoms with Crippen LogP contribution in [0, 0.1) is 45.3 Å². The lowest BCUT2D eigenvalue weighted by atomic mass is 9.44. The van der Waals surface area contributed by atoms with Crippen LogP contribution in [0.25, 0.3) is 0 Å². The maximum absolute atomic E-state index is 6.46. The summed E-state index contributed by atoms with van der Waals surface area (Å²) in [6.45, 7) is 19.7. The molecule has 0 aromatic heterocycles. The molecule has 4 aliphatic carbocycles. The molecule has 0 aromatic rings. The molecule has 2 saturated heterocycles. The third-order valence-electron chi connectivity index (χ3n) is 13.2. The monoisotopic (exact) mass is 502 g/mol. The van der Waals surface area contributed by atoms with Gasteiger partial charge in [0.15, 0.2) is 0 Å². The third kappa shape index (κ3) is 4.45. The first-order valence-electron chi connectivity index (χ1n) is 15.7. The van der Waals surface area contributed by atoms with E-state index in [1.54, 1.807) is 0 Å². The Bertz CT molecular complexity index is 748. The van der Waals surface area contributed by atoms with E-state index in [9.17, 15) is 0 Å². The minimum atomic E-state index is 0. The second kappa shape index (κ2) is 10.1. The SMILES string of the molecule is C.CC1(C)CCC[C@@]2(C)C1CCC1OCCC[C@@H]12.CC1CCC2C(C)(C)CCC[C@]2(C)C12CCCO2. The van der Waals surface area contributed by atoms with Gasteiger partial charge in [-0.1, -0.05) is 68.7 Å². The Labute approximate surface area is 225 Å². The van der Waals surface area contributed by atoms with Crippen molar-refractivity contribution in [3.8, 4) is 0 Å². The summed E-state index contributed by atoms with van der Waals surface area (Å²) in [6.07, 6.45) is 20.0. The number of rotatable bonds is 0. The van der Waals surface area contributed by atoms with Crippen molar-refractivity contribution in [1.82, 2.24) is 0 Å². The largest absolute Gasteiger partial charge is 0.378 e. The van der Waals surface area contributed by atoms with Gasteiger partial charge >= 0.3 is 0 Å². The maximum atomic E-state index is 6.46. The molecule has 6 rings (SSSR count). The molecule has 4 saturated carbocycles. The van der Waals surface area contributed by atoms with Gasteiger partial charge in [0.1, 0.15) is 0 Å². The van der Waals surface area contributed by atoms with Crippen LogP contribution in [0.1, 0.15) is 146 Å². The second-order valence-electron chi connectivity index (χ2n) is 15.8. The zero-order valence-corrected chi connectivity index (χ0v) is 24.5. The summed E-state index contributed by atoms with van der Waals surface area (Å²) in [5.41, 5.74) is 2.31. The van der Waals surface area contributed by atoms with Crippen molar-refractivity contribution in [2.45, 2.75) is 157 Å². The molecule has 2 heteroatoms. The van der Waals surface area contributed by atoms with Gasteiger partial charge in [-0.05, 0) is 117 Å². The van der Waals surface area contributed by atoms with Gasteiger partial charge in [-0.3, -0.25) is 0 Å². The van der Waals surface area contributed by atoms with Crippen molar-refractivity contribution in [2.75, 3.05) is 13.2 Å². The quantitative estimate of drug-likeness (QED) is 0.328. The Hall–Kier alpha value is -0.0800. The predicted molar refractivity (Wildman–Crippen MR) is 153 cm³/mol. The summed E-state index contributed by atoms with van der Waals surface area (Å²) in [4.78, 5) is 0. The predicted octanol–water partition coefficient (Wildman–Crippen LogP) is 9.84. The fourth-order valence-electron chi connectivity index (χ4n) is 11.6. The van der Waals surface area contributed by atoms with E-state index < -0.39 is 0 Å². The first-order valence-corrected chi connectivity index (χ1v) is 15.7. The van der Waals surface area contributed by atoms with E-state index in [1.165, 1.54) is 89.9 Å². The van der Waals surface area contributed by atoms with Gasteiger partial charge in [-0.15, -0.1) is 0 Å². The van der Waals surface area contributed by atoms with Crippen molar-refractivity contribution in [2.24, 2.45) is 45.3 Å². The zero-order chi connectivity index (χ0) is 25.1. The molecule has 0 aromatic carbocycles. The molecule has 2 aliphatic heterocycles. The molecule has 210 valence electrons. The number of hydrogen-bond donors (Lipinski definition) is 0. The van der Waals surface area contributed by atoms with E-state index in [-0.39, 0.29) is 13.0 Å². The summed E-state index contributed by atoms with van der Waals surface area (Å²) in [5, 5.41) is 0. The number of hydrogen-bond acceptors (Lipinski definition) is 2. The summed E-state index contributed by atoms with van der Waals surface area (Å²) < 4.78 is 12.5. The van der Waals surface area contributed by atoms with Gasteiger partial charge in [0.25, 0.3) is 0 Å². The van der Waals surface area contributed by atoms with E-state index in [4.69, 9.17) is 9.47 Å². The normalized spacial score (nSPS) is 48.9. The summed E-state index contributed by atoms with van der Waals surface area (Å²) >= 11 is 0. The van der Waals surface area contributed by atoms with Crippen molar-refractivity contribution >= 4 is 0 Å². The summed E-state index contributed by atoms with van der Waals surface area (Å²) in [5.74, 6) is 3.42. The minimum absolute atomic E-state index is 0. The molecule has 2 heterocycles. The van der Waals surface area contributed by atoms with Crippen LogP contribution in [0.2, 0.25) is 0 Å². The van der Waals surface area contributed by atoms with Crippen molar-refractivity contribution < 1.29 is 9.47 Å². The number of ether oxygens (including phenoxy) is 2. The highest BCUT2D eigenvalue weighted by atomic mass is 16.5. The topological polar surface area (TPSA) is 18.5 Å². The summed E-state index contributed by atoms with van der Waals surface area (Å²) in [6, 6.07) is 0. The van der Waals surface area contributed by atoms with Gasteiger partial charge < -0.3 is 9.47 Å². The van der Waals surface area contributed by atoms with Gasteiger partial charge in [0, 0.05) is 18.6 Å². The van der Waals surface area contributed by atoms with E-state index in [0.29, 0.717) is 27.8 Å². The lowest BCUT2D eigenvalue weighted by Crippen LogP contribution is -2.61. The number of fused-ring (bicyclic) bond motifs is 5. The van der Waals surface area contributed by atoms with Crippen LogP contribution in [0.5, 0.6) is 0 Å². The first kappa shape index (κ1) is 28.9. The van der Waals surface area contributed by atoms with Crippen LogP contribution in [0.15, 0.2) is 0 Å². The average molecular weight is 503 g/mol. The van der Waals surface area contributed by atoms with Crippen molar-refractivity contribution in [1.29, 1.82) is 0 Å². The third-order valence-corrected chi connectivity index (χ3v) is 13.2. The molecule has 8 atom stereocenters. The molecule has 6 fully saturated rings. The molecular weight excluding hydrogens is 440 g/mol. The van der Waals surface area contributed by atoms with Gasteiger partial charge in [0.2, 0.25) is 0 Å². The molecule has 0 radical (unpaired) electrons.